The Kier molecular flexibility index (Phi) is 4.26. The van der Waals surface area contributed by atoms with Crippen molar-refractivity contribution in [1.82, 2.24) is 30.1 Å². The van der Waals surface area contributed by atoms with E-state index >= 15 is 0 Å². The molecule has 2 heterocycles. The van der Waals surface area contributed by atoms with Crippen LogP contribution in [0.4, 0.5) is 0 Å². The van der Waals surface area contributed by atoms with Crippen LogP contribution in [-0.4, -0.2) is 37.9 Å². The second-order valence-electron chi connectivity index (χ2n) is 5.07. The lowest BCUT2D eigenvalue weighted by atomic mass is 10.2. The highest BCUT2D eigenvalue weighted by Gasteiger charge is 2.08. The maximum absolute atomic E-state index is 12.1. The van der Waals surface area contributed by atoms with E-state index in [1.54, 1.807) is 17.9 Å². The van der Waals surface area contributed by atoms with Crippen LogP contribution in [0.2, 0.25) is 0 Å². The Morgan fingerprint density at radius 2 is 2.21 bits per heavy atom. The molecule has 0 amide bonds. The van der Waals surface area contributed by atoms with Gasteiger partial charge in [0.05, 0.1) is 6.20 Å². The molecular weight excluding hydrogens is 244 g/mol. The number of aryl methyl sites for hydroxylation is 2. The van der Waals surface area contributed by atoms with Crippen LogP contribution >= 0.6 is 0 Å². The quantitative estimate of drug-likeness (QED) is 0.752. The second kappa shape index (κ2) is 5.92. The molecule has 0 saturated heterocycles. The summed E-state index contributed by atoms with van der Waals surface area (Å²) in [5.41, 5.74) is 0.404. The molecule has 104 valence electrons. The summed E-state index contributed by atoms with van der Waals surface area (Å²) in [6, 6.07) is 0. The van der Waals surface area contributed by atoms with Crippen molar-refractivity contribution in [2.45, 2.75) is 26.8 Å². The van der Waals surface area contributed by atoms with Crippen molar-refractivity contribution in [2.24, 2.45) is 13.0 Å². The summed E-state index contributed by atoms with van der Waals surface area (Å²) in [4.78, 5) is 12.1. The minimum Gasteiger partial charge on any atom is -0.316 e. The molecule has 0 aromatic carbocycles. The number of nitrogens with one attached hydrogen (secondary N) is 1. The van der Waals surface area contributed by atoms with Gasteiger partial charge in [-0.05, 0) is 25.4 Å². The summed E-state index contributed by atoms with van der Waals surface area (Å²) in [5.74, 6) is 0.634. The van der Waals surface area contributed by atoms with Crippen LogP contribution in [-0.2, 0) is 13.6 Å². The van der Waals surface area contributed by atoms with E-state index in [0.29, 0.717) is 23.5 Å². The molecule has 1 N–H and O–H groups in total. The van der Waals surface area contributed by atoms with E-state index in [-0.39, 0.29) is 5.56 Å². The van der Waals surface area contributed by atoms with Crippen molar-refractivity contribution in [3.05, 3.63) is 16.6 Å². The van der Waals surface area contributed by atoms with Gasteiger partial charge < -0.3 is 5.32 Å². The molecule has 7 nitrogen and oxygen atoms in total. The molecule has 0 unspecified atom stereocenters. The van der Waals surface area contributed by atoms with Crippen LogP contribution in [0.15, 0.2) is 11.0 Å². The van der Waals surface area contributed by atoms with Crippen LogP contribution < -0.4 is 10.9 Å². The Morgan fingerprint density at radius 1 is 1.42 bits per heavy atom. The minimum absolute atomic E-state index is 0.123. The molecule has 2 aromatic heterocycles. The lowest BCUT2D eigenvalue weighted by Crippen LogP contribution is -2.27. The van der Waals surface area contributed by atoms with E-state index in [0.717, 1.165) is 19.5 Å². The molecule has 7 heteroatoms. The van der Waals surface area contributed by atoms with Gasteiger partial charge in [-0.25, -0.2) is 9.36 Å². The summed E-state index contributed by atoms with van der Waals surface area (Å²) in [6.07, 6.45) is 2.40. The summed E-state index contributed by atoms with van der Waals surface area (Å²) >= 11 is 0. The number of hydrogen-bond acceptors (Lipinski definition) is 5. The molecule has 19 heavy (non-hydrogen) atoms. The number of rotatable bonds is 6. The van der Waals surface area contributed by atoms with Gasteiger partial charge in [-0.1, -0.05) is 19.1 Å². The maximum atomic E-state index is 12.1. The van der Waals surface area contributed by atoms with Gasteiger partial charge in [0.25, 0.3) is 5.56 Å². The van der Waals surface area contributed by atoms with Crippen LogP contribution in [0.3, 0.4) is 0 Å². The zero-order valence-electron chi connectivity index (χ0n) is 11.6. The largest absolute Gasteiger partial charge is 0.316 e. The van der Waals surface area contributed by atoms with Crippen LogP contribution in [0, 0.1) is 5.92 Å². The van der Waals surface area contributed by atoms with Gasteiger partial charge in [-0.15, -0.1) is 5.10 Å². The molecule has 0 fully saturated rings. The molecule has 0 saturated carbocycles. The van der Waals surface area contributed by atoms with Gasteiger partial charge >= 0.3 is 0 Å². The van der Waals surface area contributed by atoms with E-state index in [1.165, 1.54) is 4.68 Å². The topological polar surface area (TPSA) is 77.6 Å². The number of fused-ring (bicyclic) bond motifs is 1. The first-order valence-electron chi connectivity index (χ1n) is 6.56. The van der Waals surface area contributed by atoms with Crippen molar-refractivity contribution < 1.29 is 0 Å². The lowest BCUT2D eigenvalue weighted by Gasteiger charge is -2.07. The first-order valence-corrected chi connectivity index (χ1v) is 6.56. The molecular formula is C12H20N6O. The van der Waals surface area contributed by atoms with E-state index in [2.05, 4.69) is 34.6 Å². The SMILES string of the molecule is CC(C)CNCCCn1nnc2c(cnn2C)c1=O. The van der Waals surface area contributed by atoms with Crippen LogP contribution in [0.1, 0.15) is 20.3 Å². The Bertz CT molecular complexity index is 600. The van der Waals surface area contributed by atoms with Crippen molar-refractivity contribution in [2.75, 3.05) is 13.1 Å². The van der Waals surface area contributed by atoms with Gasteiger partial charge in [0, 0.05) is 13.6 Å². The first kappa shape index (κ1) is 13.7. The monoisotopic (exact) mass is 264 g/mol. The Morgan fingerprint density at radius 3 is 2.95 bits per heavy atom. The molecule has 0 aliphatic rings. The highest BCUT2D eigenvalue weighted by atomic mass is 16.1. The van der Waals surface area contributed by atoms with Crippen molar-refractivity contribution in [1.29, 1.82) is 0 Å². The fraction of sp³-hybridized carbons (Fsp3) is 0.667. The summed E-state index contributed by atoms with van der Waals surface area (Å²) < 4.78 is 2.96. The predicted octanol–water partition coefficient (Wildman–Crippen LogP) is 0.161. The number of hydrogen-bond donors (Lipinski definition) is 1. The third kappa shape index (κ3) is 3.17. The highest BCUT2D eigenvalue weighted by molar-refractivity contribution is 5.72. The molecule has 2 rings (SSSR count). The van der Waals surface area contributed by atoms with E-state index in [1.807, 2.05) is 0 Å². The standard InChI is InChI=1S/C12H20N6O/c1-9(2)7-13-5-4-6-18-12(19)10-8-14-17(3)11(10)15-16-18/h8-9,13H,4-7H2,1-3H3. The second-order valence-corrected chi connectivity index (χ2v) is 5.07. The first-order chi connectivity index (χ1) is 9.09. The zero-order chi connectivity index (χ0) is 13.8. The molecule has 0 atom stereocenters. The normalized spacial score (nSPS) is 11.6. The fourth-order valence-electron chi connectivity index (χ4n) is 1.87. The molecule has 0 radical (unpaired) electrons. The maximum Gasteiger partial charge on any atom is 0.280 e. The predicted molar refractivity (Wildman–Crippen MR) is 72.9 cm³/mol. The smallest absolute Gasteiger partial charge is 0.280 e. The van der Waals surface area contributed by atoms with E-state index in [9.17, 15) is 4.79 Å². The van der Waals surface area contributed by atoms with Gasteiger partial charge in [0.1, 0.15) is 5.39 Å². The van der Waals surface area contributed by atoms with Gasteiger partial charge in [-0.3, -0.25) is 4.79 Å². The third-order valence-electron chi connectivity index (χ3n) is 2.90. The minimum atomic E-state index is -0.123. The number of nitrogens with zero attached hydrogens (tertiary/aromatic N) is 5. The highest BCUT2D eigenvalue weighted by Crippen LogP contribution is 2.01. The molecule has 0 bridgehead atoms. The molecule has 0 aliphatic carbocycles. The number of aromatic nitrogens is 5. The van der Waals surface area contributed by atoms with Crippen molar-refractivity contribution >= 4 is 11.0 Å². The van der Waals surface area contributed by atoms with Crippen molar-refractivity contribution in [3.8, 4) is 0 Å². The summed E-state index contributed by atoms with van der Waals surface area (Å²) in [5, 5.41) is 15.8. The van der Waals surface area contributed by atoms with E-state index in [4.69, 9.17) is 0 Å². The summed E-state index contributed by atoms with van der Waals surface area (Å²) in [6.45, 7) is 6.76. The van der Waals surface area contributed by atoms with Crippen LogP contribution in [0.5, 0.6) is 0 Å². The van der Waals surface area contributed by atoms with Gasteiger partial charge in [0.15, 0.2) is 5.65 Å². The Balaban J connectivity index is 1.98. The zero-order valence-corrected chi connectivity index (χ0v) is 11.6. The summed E-state index contributed by atoms with van der Waals surface area (Å²) in [7, 11) is 1.75. The van der Waals surface area contributed by atoms with E-state index < -0.39 is 0 Å². The molecule has 0 aliphatic heterocycles. The Labute approximate surface area is 111 Å². The molecule has 2 aromatic rings. The average molecular weight is 264 g/mol. The van der Waals surface area contributed by atoms with Gasteiger partial charge in [-0.2, -0.15) is 5.10 Å². The van der Waals surface area contributed by atoms with Crippen molar-refractivity contribution in [3.63, 3.8) is 0 Å². The average Bonchev–Trinajstić information content (AvgIpc) is 2.74. The Hall–Kier alpha value is -1.76. The van der Waals surface area contributed by atoms with Gasteiger partial charge in [0.2, 0.25) is 0 Å². The third-order valence-corrected chi connectivity index (χ3v) is 2.90. The van der Waals surface area contributed by atoms with Crippen LogP contribution in [0.25, 0.3) is 11.0 Å². The fourth-order valence-corrected chi connectivity index (χ4v) is 1.87. The lowest BCUT2D eigenvalue weighted by molar-refractivity contribution is 0.484. The molecule has 0 spiro atoms.